The third-order valence-electron chi connectivity index (χ3n) is 17.6. The molecular formula is C56H74F4O. The van der Waals surface area contributed by atoms with Gasteiger partial charge in [-0.15, -0.1) is 0 Å². The summed E-state index contributed by atoms with van der Waals surface area (Å²) < 4.78 is 65.8. The SMILES string of the molecule is CCC[C@H]1CC[C@H](C2([C@]3(c4ccc(F)c(F)c4)C=C[C@H](COC[C@H]4C=C[C@@](c5ccc(F)c(F)c5)(C5([C@H]6CC[C@H](CCC)CC6)CCCCC5)C=C4)C=C3)CCCCC2)CC1. The first kappa shape index (κ1) is 44.7. The van der Waals surface area contributed by atoms with Crippen LogP contribution in [0.3, 0.4) is 0 Å². The maximum absolute atomic E-state index is 15.1. The molecule has 0 N–H and O–H groups in total. The molecule has 0 heterocycles. The normalized spacial score (nSPS) is 33.5. The summed E-state index contributed by atoms with van der Waals surface area (Å²) in [6.07, 6.45) is 45.3. The van der Waals surface area contributed by atoms with Gasteiger partial charge in [-0.25, -0.2) is 17.6 Å². The zero-order valence-corrected chi connectivity index (χ0v) is 37.4. The first-order valence-electron chi connectivity index (χ1n) is 24.9. The van der Waals surface area contributed by atoms with Crippen LogP contribution in [0.15, 0.2) is 85.0 Å². The van der Waals surface area contributed by atoms with Crippen molar-refractivity contribution in [1.29, 1.82) is 0 Å². The standard InChI is InChI=1S/C56H74F4O/c1-3-11-41-13-17-45(18-14-41)53(29-7-5-8-30-53)55(47-21-23-49(57)51(59)37-47)33-25-43(26-34-55)39-61-40-44-27-35-56(36-28-44,48-22-24-50(58)52(60)38-48)54(31-9-6-10-32-54)46-19-15-42(12-4-2)16-20-46/h21-28,33-38,41-46H,3-20,29-32,39-40H2,1-2H3/t41-,42-,43-,44-,45-,46-,55+,56+. The van der Waals surface area contributed by atoms with E-state index in [0.29, 0.717) is 25.0 Å². The molecule has 61 heavy (non-hydrogen) atoms. The van der Waals surface area contributed by atoms with Gasteiger partial charge in [0.15, 0.2) is 23.3 Å². The zero-order chi connectivity index (χ0) is 42.5. The average molecular weight is 839 g/mol. The van der Waals surface area contributed by atoms with Gasteiger partial charge < -0.3 is 4.74 Å². The molecule has 2 aromatic rings. The number of allylic oxidation sites excluding steroid dienone is 4. The number of ether oxygens (including phenoxy) is 1. The number of rotatable bonds is 14. The van der Waals surface area contributed by atoms with Gasteiger partial charge in [0.05, 0.1) is 13.2 Å². The smallest absolute Gasteiger partial charge is 0.159 e. The second-order valence-corrected chi connectivity index (χ2v) is 20.7. The van der Waals surface area contributed by atoms with Crippen LogP contribution < -0.4 is 0 Å². The zero-order valence-electron chi connectivity index (χ0n) is 37.4. The van der Waals surface area contributed by atoms with E-state index in [1.165, 1.54) is 140 Å². The molecule has 0 amide bonds. The van der Waals surface area contributed by atoms with Crippen LogP contribution in [-0.4, -0.2) is 13.2 Å². The summed E-state index contributed by atoms with van der Waals surface area (Å²) in [4.78, 5) is 0. The van der Waals surface area contributed by atoms with E-state index in [1.807, 2.05) is 12.1 Å². The lowest BCUT2D eigenvalue weighted by Gasteiger charge is -2.57. The van der Waals surface area contributed by atoms with E-state index >= 15 is 8.78 Å². The molecule has 0 saturated heterocycles. The third-order valence-corrected chi connectivity index (χ3v) is 17.6. The Morgan fingerprint density at radius 2 is 0.836 bits per heavy atom. The van der Waals surface area contributed by atoms with E-state index in [4.69, 9.17) is 4.74 Å². The van der Waals surface area contributed by atoms with Crippen LogP contribution in [0.5, 0.6) is 0 Å². The minimum Gasteiger partial charge on any atom is -0.380 e. The summed E-state index contributed by atoms with van der Waals surface area (Å²) in [5.41, 5.74) is 0.693. The van der Waals surface area contributed by atoms with Crippen LogP contribution in [-0.2, 0) is 15.6 Å². The highest BCUT2D eigenvalue weighted by atomic mass is 19.2. The molecule has 0 atom stereocenters. The molecular weight excluding hydrogens is 765 g/mol. The molecule has 4 saturated carbocycles. The molecule has 0 radical (unpaired) electrons. The fourth-order valence-corrected chi connectivity index (χ4v) is 14.5. The molecule has 0 spiro atoms. The molecule has 8 rings (SSSR count). The Hall–Kier alpha value is -2.92. The molecule has 0 bridgehead atoms. The number of benzene rings is 2. The fraction of sp³-hybridized carbons (Fsp3) is 0.643. The van der Waals surface area contributed by atoms with Crippen molar-refractivity contribution in [1.82, 2.24) is 0 Å². The Balaban J connectivity index is 1.01. The lowest BCUT2D eigenvalue weighted by molar-refractivity contribution is 0.0101. The number of hydrogen-bond acceptors (Lipinski definition) is 1. The van der Waals surface area contributed by atoms with Crippen molar-refractivity contribution in [2.24, 2.45) is 46.3 Å². The molecule has 1 nitrogen and oxygen atoms in total. The Morgan fingerprint density at radius 1 is 0.475 bits per heavy atom. The van der Waals surface area contributed by atoms with Crippen molar-refractivity contribution in [2.45, 2.75) is 166 Å². The van der Waals surface area contributed by atoms with E-state index < -0.39 is 34.1 Å². The lowest BCUT2D eigenvalue weighted by atomic mass is 9.46. The maximum atomic E-state index is 15.1. The summed E-state index contributed by atoms with van der Waals surface area (Å²) in [5.74, 6) is -0.260. The van der Waals surface area contributed by atoms with Gasteiger partial charge in [-0.3, -0.25) is 0 Å². The summed E-state index contributed by atoms with van der Waals surface area (Å²) in [6.45, 7) is 5.66. The van der Waals surface area contributed by atoms with Gasteiger partial charge in [0.25, 0.3) is 0 Å². The summed E-state index contributed by atoms with van der Waals surface area (Å²) in [5, 5.41) is 0. The monoisotopic (exact) mass is 839 g/mol. The van der Waals surface area contributed by atoms with E-state index in [-0.39, 0.29) is 22.7 Å². The van der Waals surface area contributed by atoms with Crippen molar-refractivity contribution in [2.75, 3.05) is 13.2 Å². The van der Waals surface area contributed by atoms with E-state index in [2.05, 4.69) is 62.5 Å². The van der Waals surface area contributed by atoms with Gasteiger partial charge in [0.2, 0.25) is 0 Å². The molecule has 4 fully saturated rings. The largest absolute Gasteiger partial charge is 0.380 e. The highest BCUT2D eigenvalue weighted by molar-refractivity contribution is 5.46. The van der Waals surface area contributed by atoms with Crippen LogP contribution in [0.1, 0.15) is 166 Å². The molecule has 2 aromatic carbocycles. The molecule has 332 valence electrons. The third kappa shape index (κ3) is 8.70. The first-order chi connectivity index (χ1) is 29.7. The molecule has 6 aliphatic rings. The van der Waals surface area contributed by atoms with Crippen molar-refractivity contribution < 1.29 is 22.3 Å². The minimum atomic E-state index is -0.789. The van der Waals surface area contributed by atoms with Crippen LogP contribution in [0.25, 0.3) is 0 Å². The Labute approximate surface area is 366 Å². The summed E-state index contributed by atoms with van der Waals surface area (Å²) in [6, 6.07) is 9.32. The van der Waals surface area contributed by atoms with Crippen LogP contribution in [0.4, 0.5) is 17.6 Å². The second-order valence-electron chi connectivity index (χ2n) is 20.7. The highest BCUT2D eigenvalue weighted by Crippen LogP contribution is 2.63. The van der Waals surface area contributed by atoms with Crippen LogP contribution in [0, 0.1) is 69.6 Å². The van der Waals surface area contributed by atoms with Gasteiger partial charge in [0.1, 0.15) is 0 Å². The van der Waals surface area contributed by atoms with Crippen LogP contribution >= 0.6 is 0 Å². The molecule has 0 aromatic heterocycles. The minimum absolute atomic E-state index is 0.0340. The fourth-order valence-electron chi connectivity index (χ4n) is 14.5. The molecule has 5 heteroatoms. The molecule has 0 aliphatic heterocycles. The van der Waals surface area contributed by atoms with Gasteiger partial charge in [0, 0.05) is 22.7 Å². The second kappa shape index (κ2) is 19.4. The van der Waals surface area contributed by atoms with Crippen molar-refractivity contribution in [3.8, 4) is 0 Å². The van der Waals surface area contributed by atoms with Gasteiger partial charge in [-0.2, -0.15) is 0 Å². The van der Waals surface area contributed by atoms with Gasteiger partial charge in [-0.05, 0) is 121 Å². The average Bonchev–Trinajstić information content (AvgIpc) is 3.30. The number of hydrogen-bond donors (Lipinski definition) is 0. The predicted molar refractivity (Wildman–Crippen MR) is 242 cm³/mol. The lowest BCUT2D eigenvalue weighted by Crippen LogP contribution is -2.51. The number of halogens is 4. The Bertz CT molecular complexity index is 1710. The summed E-state index contributed by atoms with van der Waals surface area (Å²) in [7, 11) is 0. The molecule has 6 aliphatic carbocycles. The van der Waals surface area contributed by atoms with E-state index in [9.17, 15) is 8.78 Å². The maximum Gasteiger partial charge on any atom is 0.159 e. The topological polar surface area (TPSA) is 9.23 Å². The van der Waals surface area contributed by atoms with Gasteiger partial charge in [-0.1, -0.05) is 164 Å². The quantitative estimate of drug-likeness (QED) is 0.136. The van der Waals surface area contributed by atoms with Crippen molar-refractivity contribution in [3.05, 3.63) is 119 Å². The molecule has 0 unspecified atom stereocenters. The van der Waals surface area contributed by atoms with E-state index in [1.54, 1.807) is 0 Å². The van der Waals surface area contributed by atoms with Crippen molar-refractivity contribution >= 4 is 0 Å². The Kier molecular flexibility index (Phi) is 14.2. The van der Waals surface area contributed by atoms with Gasteiger partial charge >= 0.3 is 0 Å². The van der Waals surface area contributed by atoms with Crippen LogP contribution in [0.2, 0.25) is 0 Å². The highest BCUT2D eigenvalue weighted by Gasteiger charge is 2.56. The van der Waals surface area contributed by atoms with Crippen molar-refractivity contribution in [3.63, 3.8) is 0 Å². The summed E-state index contributed by atoms with van der Waals surface area (Å²) >= 11 is 0. The predicted octanol–water partition coefficient (Wildman–Crippen LogP) is 16.0. The Morgan fingerprint density at radius 3 is 1.16 bits per heavy atom. The first-order valence-corrected chi connectivity index (χ1v) is 24.9. The van der Waals surface area contributed by atoms with E-state index in [0.717, 1.165) is 48.6 Å².